The molecule has 0 radical (unpaired) electrons. The van der Waals surface area contributed by atoms with E-state index in [0.717, 1.165) is 44.0 Å². The number of rotatable bonds is 9. The van der Waals surface area contributed by atoms with Gasteiger partial charge in [0.25, 0.3) is 0 Å². The summed E-state index contributed by atoms with van der Waals surface area (Å²) in [6, 6.07) is 1.87. The number of nitrogens with zero attached hydrogens (tertiary/aromatic N) is 3. The zero-order valence-corrected chi connectivity index (χ0v) is 12.6. The van der Waals surface area contributed by atoms with Crippen molar-refractivity contribution in [2.24, 2.45) is 0 Å². The molecule has 1 rings (SSSR count). The lowest BCUT2D eigenvalue weighted by atomic mass is 10.3. The van der Waals surface area contributed by atoms with E-state index in [1.54, 1.807) is 0 Å². The van der Waals surface area contributed by atoms with E-state index in [1.807, 2.05) is 6.07 Å². The number of hydrogen-bond donors (Lipinski definition) is 1. The third kappa shape index (κ3) is 6.38. The fourth-order valence-electron chi connectivity index (χ4n) is 1.71. The topological polar surface area (TPSA) is 50.3 Å². The third-order valence-electron chi connectivity index (χ3n) is 2.58. The molecule has 108 valence electrons. The molecule has 0 aliphatic rings. The van der Waals surface area contributed by atoms with E-state index in [0.29, 0.717) is 12.5 Å². The van der Waals surface area contributed by atoms with Crippen LogP contribution in [-0.4, -0.2) is 48.7 Å². The van der Waals surface area contributed by atoms with Crippen LogP contribution in [-0.2, 0) is 6.42 Å². The van der Waals surface area contributed by atoms with Crippen LogP contribution < -0.4 is 10.1 Å². The second kappa shape index (κ2) is 8.69. The Hall–Kier alpha value is -1.36. The standard InChI is InChI=1S/C14H26N4O/c1-5-8-12-16-13(15-6-2)11-14(17-12)19-10-7-9-18(3)4/h11H,5-10H2,1-4H3,(H,15,16,17). The van der Waals surface area contributed by atoms with E-state index in [-0.39, 0.29) is 0 Å². The predicted molar refractivity (Wildman–Crippen MR) is 78.9 cm³/mol. The highest BCUT2D eigenvalue weighted by Gasteiger charge is 2.05. The normalized spacial score (nSPS) is 10.8. The summed E-state index contributed by atoms with van der Waals surface area (Å²) in [5.41, 5.74) is 0. The second-order valence-electron chi connectivity index (χ2n) is 4.79. The summed E-state index contributed by atoms with van der Waals surface area (Å²) in [6.07, 6.45) is 2.92. The fourth-order valence-corrected chi connectivity index (χ4v) is 1.71. The van der Waals surface area contributed by atoms with E-state index in [1.165, 1.54) is 0 Å². The van der Waals surface area contributed by atoms with Gasteiger partial charge in [0.15, 0.2) is 0 Å². The van der Waals surface area contributed by atoms with Gasteiger partial charge in [-0.15, -0.1) is 0 Å². The molecule has 0 spiro atoms. The molecule has 19 heavy (non-hydrogen) atoms. The summed E-state index contributed by atoms with van der Waals surface area (Å²) in [4.78, 5) is 11.0. The molecule has 0 unspecified atom stereocenters. The molecule has 0 aliphatic carbocycles. The number of aryl methyl sites for hydroxylation is 1. The van der Waals surface area contributed by atoms with Gasteiger partial charge in [0.1, 0.15) is 11.6 Å². The Bertz CT molecular complexity index is 344. The van der Waals surface area contributed by atoms with E-state index >= 15 is 0 Å². The minimum absolute atomic E-state index is 0.674. The first-order chi connectivity index (χ1) is 9.15. The molecule has 1 aromatic heterocycles. The summed E-state index contributed by atoms with van der Waals surface area (Å²) in [6.45, 7) is 6.74. The molecule has 0 bridgehead atoms. The molecular weight excluding hydrogens is 240 g/mol. The van der Waals surface area contributed by atoms with E-state index < -0.39 is 0 Å². The summed E-state index contributed by atoms with van der Waals surface area (Å²) < 4.78 is 5.71. The maximum Gasteiger partial charge on any atom is 0.218 e. The average molecular weight is 266 g/mol. The lowest BCUT2D eigenvalue weighted by molar-refractivity contribution is 0.272. The number of nitrogens with one attached hydrogen (secondary N) is 1. The molecule has 0 amide bonds. The Balaban J connectivity index is 2.59. The highest BCUT2D eigenvalue weighted by atomic mass is 16.5. The second-order valence-corrected chi connectivity index (χ2v) is 4.79. The molecular formula is C14H26N4O. The van der Waals surface area contributed by atoms with Crippen molar-refractivity contribution < 1.29 is 4.74 Å². The van der Waals surface area contributed by atoms with Gasteiger partial charge in [-0.25, -0.2) is 4.98 Å². The van der Waals surface area contributed by atoms with Crippen molar-refractivity contribution >= 4 is 5.82 Å². The Morgan fingerprint density at radius 1 is 1.26 bits per heavy atom. The van der Waals surface area contributed by atoms with Crippen molar-refractivity contribution in [2.45, 2.75) is 33.1 Å². The number of anilines is 1. The van der Waals surface area contributed by atoms with Crippen molar-refractivity contribution in [2.75, 3.05) is 39.1 Å². The van der Waals surface area contributed by atoms with Crippen LogP contribution in [0.1, 0.15) is 32.5 Å². The van der Waals surface area contributed by atoms with Gasteiger partial charge in [-0.05, 0) is 33.9 Å². The first-order valence-corrected chi connectivity index (χ1v) is 7.05. The van der Waals surface area contributed by atoms with Crippen molar-refractivity contribution in [3.8, 4) is 5.88 Å². The van der Waals surface area contributed by atoms with Gasteiger partial charge in [-0.2, -0.15) is 4.98 Å². The van der Waals surface area contributed by atoms with Crippen LogP contribution in [0.3, 0.4) is 0 Å². The van der Waals surface area contributed by atoms with Gasteiger partial charge in [0, 0.05) is 25.6 Å². The van der Waals surface area contributed by atoms with Crippen molar-refractivity contribution in [3.05, 3.63) is 11.9 Å². The molecule has 5 nitrogen and oxygen atoms in total. The Morgan fingerprint density at radius 3 is 2.68 bits per heavy atom. The van der Waals surface area contributed by atoms with E-state index in [2.05, 4.69) is 48.1 Å². The lowest BCUT2D eigenvalue weighted by Gasteiger charge is -2.11. The molecule has 5 heteroatoms. The van der Waals surface area contributed by atoms with Crippen molar-refractivity contribution in [3.63, 3.8) is 0 Å². The molecule has 0 aliphatic heterocycles. The van der Waals surface area contributed by atoms with Gasteiger partial charge in [0.2, 0.25) is 5.88 Å². The molecule has 0 aromatic carbocycles. The highest BCUT2D eigenvalue weighted by molar-refractivity contribution is 5.38. The minimum atomic E-state index is 0.674. The lowest BCUT2D eigenvalue weighted by Crippen LogP contribution is -2.16. The zero-order valence-electron chi connectivity index (χ0n) is 12.6. The molecule has 0 saturated heterocycles. The maximum absolute atomic E-state index is 5.71. The monoisotopic (exact) mass is 266 g/mol. The predicted octanol–water partition coefficient (Wildman–Crippen LogP) is 2.19. The van der Waals surface area contributed by atoms with Gasteiger partial charge in [-0.1, -0.05) is 6.92 Å². The summed E-state index contributed by atoms with van der Waals surface area (Å²) in [5.74, 6) is 2.38. The van der Waals surface area contributed by atoms with Crippen LogP contribution in [0, 0.1) is 0 Å². The smallest absolute Gasteiger partial charge is 0.218 e. The highest BCUT2D eigenvalue weighted by Crippen LogP contribution is 2.14. The first-order valence-electron chi connectivity index (χ1n) is 7.05. The number of ether oxygens (including phenoxy) is 1. The molecule has 0 atom stereocenters. The Morgan fingerprint density at radius 2 is 2.05 bits per heavy atom. The quantitative estimate of drug-likeness (QED) is 0.694. The number of aromatic nitrogens is 2. The van der Waals surface area contributed by atoms with E-state index in [9.17, 15) is 0 Å². The SMILES string of the molecule is CCCc1nc(NCC)cc(OCCCN(C)C)n1. The molecule has 0 fully saturated rings. The average Bonchev–Trinajstić information content (AvgIpc) is 2.35. The van der Waals surface area contributed by atoms with Crippen LogP contribution in [0.2, 0.25) is 0 Å². The summed E-state index contributed by atoms with van der Waals surface area (Å²) in [5, 5.41) is 3.22. The van der Waals surface area contributed by atoms with Crippen LogP contribution >= 0.6 is 0 Å². The van der Waals surface area contributed by atoms with Gasteiger partial charge in [-0.3, -0.25) is 0 Å². The summed E-state index contributed by atoms with van der Waals surface area (Å²) >= 11 is 0. The molecule has 1 heterocycles. The third-order valence-corrected chi connectivity index (χ3v) is 2.58. The van der Waals surface area contributed by atoms with Crippen LogP contribution in [0.15, 0.2) is 6.07 Å². The van der Waals surface area contributed by atoms with Gasteiger partial charge < -0.3 is 15.0 Å². The Labute approximate surface area is 116 Å². The fraction of sp³-hybridized carbons (Fsp3) is 0.714. The van der Waals surface area contributed by atoms with Crippen molar-refractivity contribution in [1.29, 1.82) is 0 Å². The minimum Gasteiger partial charge on any atom is -0.477 e. The largest absolute Gasteiger partial charge is 0.477 e. The summed E-state index contributed by atoms with van der Waals surface area (Å²) in [7, 11) is 4.13. The van der Waals surface area contributed by atoms with Gasteiger partial charge in [0.05, 0.1) is 6.61 Å². The van der Waals surface area contributed by atoms with Crippen LogP contribution in [0.4, 0.5) is 5.82 Å². The zero-order chi connectivity index (χ0) is 14.1. The van der Waals surface area contributed by atoms with Crippen LogP contribution in [0.5, 0.6) is 5.88 Å². The molecule has 0 saturated carbocycles. The molecule has 1 aromatic rings. The number of hydrogen-bond acceptors (Lipinski definition) is 5. The first kappa shape index (κ1) is 15.7. The molecule has 1 N–H and O–H groups in total. The van der Waals surface area contributed by atoms with Crippen molar-refractivity contribution in [1.82, 2.24) is 14.9 Å². The Kier molecular flexibility index (Phi) is 7.18. The van der Waals surface area contributed by atoms with Crippen LogP contribution in [0.25, 0.3) is 0 Å². The van der Waals surface area contributed by atoms with E-state index in [4.69, 9.17) is 4.74 Å². The van der Waals surface area contributed by atoms with Gasteiger partial charge >= 0.3 is 0 Å². The maximum atomic E-state index is 5.71.